The Morgan fingerprint density at radius 2 is 2.00 bits per heavy atom. The molecule has 0 saturated heterocycles. The van der Waals surface area contributed by atoms with Gasteiger partial charge in [-0.1, -0.05) is 30.4 Å². The molecule has 1 heterocycles. The van der Waals surface area contributed by atoms with Crippen molar-refractivity contribution < 1.29 is 15.0 Å². The monoisotopic (exact) mass is 320 g/mol. The van der Waals surface area contributed by atoms with E-state index in [-0.39, 0.29) is 28.8 Å². The molecule has 0 radical (unpaired) electrons. The topological polar surface area (TPSA) is 72.8 Å². The average molecular weight is 320 g/mol. The van der Waals surface area contributed by atoms with Crippen molar-refractivity contribution in [2.45, 2.75) is 25.9 Å². The summed E-state index contributed by atoms with van der Waals surface area (Å²) in [5, 5.41) is 22.9. The van der Waals surface area contributed by atoms with Crippen LogP contribution in [0.3, 0.4) is 0 Å². The summed E-state index contributed by atoms with van der Waals surface area (Å²) in [6, 6.07) is 9.23. The van der Waals surface area contributed by atoms with E-state index in [9.17, 15) is 15.0 Å². The van der Waals surface area contributed by atoms with Crippen LogP contribution in [0.25, 0.3) is 0 Å². The minimum atomic E-state index is -0.998. The van der Waals surface area contributed by atoms with Crippen molar-refractivity contribution >= 4 is 28.8 Å². The number of benzene rings is 1. The Bertz CT molecular complexity index is 606. The van der Waals surface area contributed by atoms with Crippen molar-refractivity contribution in [2.75, 3.05) is 18.4 Å². The predicted octanol–water partition coefficient (Wildman–Crippen LogP) is 2.24. The molecule has 0 saturated carbocycles. The molecule has 0 bridgehead atoms. The molecule has 118 valence electrons. The van der Waals surface area contributed by atoms with E-state index in [4.69, 9.17) is 12.2 Å². The first-order valence-electron chi connectivity index (χ1n) is 7.08. The second kappa shape index (κ2) is 6.46. The van der Waals surface area contributed by atoms with Crippen LogP contribution >= 0.6 is 12.2 Å². The van der Waals surface area contributed by atoms with Crippen LogP contribution in [-0.4, -0.2) is 44.7 Å². The van der Waals surface area contributed by atoms with E-state index < -0.39 is 5.60 Å². The summed E-state index contributed by atoms with van der Waals surface area (Å²) in [7, 11) is 0. The van der Waals surface area contributed by atoms with Crippen LogP contribution in [0.5, 0.6) is 0 Å². The summed E-state index contributed by atoms with van der Waals surface area (Å²) in [5.74, 6) is -0.371. The van der Waals surface area contributed by atoms with Gasteiger partial charge in [-0.05, 0) is 26.0 Å². The fourth-order valence-corrected chi connectivity index (χ4v) is 2.63. The van der Waals surface area contributed by atoms with Gasteiger partial charge >= 0.3 is 0 Å². The number of hydrogen-bond acceptors (Lipinski definition) is 4. The fourth-order valence-electron chi connectivity index (χ4n) is 2.31. The molecular formula is C16H20N2O3S. The molecule has 5 nitrogen and oxygen atoms in total. The number of hydrogen-bond donors (Lipinski definition) is 3. The number of carbonyl (C=O) groups excluding carboxylic acids is 1. The molecule has 0 spiro atoms. The van der Waals surface area contributed by atoms with Crippen LogP contribution in [0.2, 0.25) is 0 Å². The Hall–Kier alpha value is -1.92. The van der Waals surface area contributed by atoms with Crippen LogP contribution in [0, 0.1) is 0 Å². The van der Waals surface area contributed by atoms with Crippen LogP contribution < -0.4 is 5.32 Å². The Labute approximate surface area is 135 Å². The number of nitrogens with one attached hydrogen (secondary N) is 1. The number of aliphatic hydroxyl groups excluding tert-OH is 1. The number of aliphatic hydroxyl groups is 2. The number of nitrogens with zero attached hydrogens (tertiary/aromatic N) is 1. The molecule has 2 rings (SSSR count). The van der Waals surface area contributed by atoms with Gasteiger partial charge in [-0.2, -0.15) is 0 Å². The fraction of sp³-hybridized carbons (Fsp3) is 0.375. The van der Waals surface area contributed by atoms with Gasteiger partial charge < -0.3 is 20.4 Å². The summed E-state index contributed by atoms with van der Waals surface area (Å²) in [6.07, 6.45) is 0.327. The third kappa shape index (κ3) is 4.05. The van der Waals surface area contributed by atoms with Crippen molar-refractivity contribution in [1.29, 1.82) is 0 Å². The molecule has 1 amide bonds. The van der Waals surface area contributed by atoms with Crippen LogP contribution in [0.1, 0.15) is 20.3 Å². The molecule has 0 aromatic heterocycles. The van der Waals surface area contributed by atoms with E-state index in [0.29, 0.717) is 13.0 Å². The molecular weight excluding hydrogens is 300 g/mol. The lowest BCUT2D eigenvalue weighted by Gasteiger charge is -2.33. The van der Waals surface area contributed by atoms with E-state index in [1.54, 1.807) is 13.8 Å². The summed E-state index contributed by atoms with van der Waals surface area (Å²) in [4.78, 5) is 14.2. The van der Waals surface area contributed by atoms with Gasteiger partial charge in [-0.3, -0.25) is 4.79 Å². The molecule has 1 aliphatic heterocycles. The summed E-state index contributed by atoms with van der Waals surface area (Å²) < 4.78 is 0. The third-order valence-electron chi connectivity index (χ3n) is 3.24. The maximum atomic E-state index is 12.5. The summed E-state index contributed by atoms with van der Waals surface area (Å²) >= 11 is 5.27. The molecule has 1 aromatic carbocycles. The summed E-state index contributed by atoms with van der Waals surface area (Å²) in [6.45, 7) is 3.83. The van der Waals surface area contributed by atoms with Gasteiger partial charge in [-0.15, -0.1) is 0 Å². The molecule has 0 fully saturated rings. The highest BCUT2D eigenvalue weighted by atomic mass is 32.1. The number of thiocarbonyl (C=S) groups is 1. The molecule has 0 unspecified atom stereocenters. The Morgan fingerprint density at radius 1 is 1.36 bits per heavy atom. The van der Waals surface area contributed by atoms with Crippen molar-refractivity contribution in [1.82, 2.24) is 4.90 Å². The van der Waals surface area contributed by atoms with Crippen molar-refractivity contribution in [3.63, 3.8) is 0 Å². The maximum absolute atomic E-state index is 12.5. The largest absolute Gasteiger partial charge is 0.511 e. The number of anilines is 1. The molecule has 0 atom stereocenters. The van der Waals surface area contributed by atoms with Crippen LogP contribution in [0.15, 0.2) is 41.7 Å². The van der Waals surface area contributed by atoms with Gasteiger partial charge in [0.2, 0.25) is 0 Å². The lowest BCUT2D eigenvalue weighted by atomic mass is 10.0. The first-order valence-corrected chi connectivity index (χ1v) is 7.49. The van der Waals surface area contributed by atoms with Gasteiger partial charge in [0.25, 0.3) is 5.91 Å². The highest BCUT2D eigenvalue weighted by Gasteiger charge is 2.32. The maximum Gasteiger partial charge on any atom is 0.260 e. The van der Waals surface area contributed by atoms with E-state index in [1.807, 2.05) is 30.3 Å². The van der Waals surface area contributed by atoms with Crippen molar-refractivity contribution in [3.8, 4) is 0 Å². The SMILES string of the molecule is CC(C)(O)CN1CCC(O)=C(C(=S)Nc2ccccc2)C1=O. The summed E-state index contributed by atoms with van der Waals surface area (Å²) in [5.41, 5.74) is -0.142. The van der Waals surface area contributed by atoms with Gasteiger partial charge in [0.1, 0.15) is 16.3 Å². The third-order valence-corrected chi connectivity index (χ3v) is 3.55. The Morgan fingerprint density at radius 3 is 2.59 bits per heavy atom. The lowest BCUT2D eigenvalue weighted by Crippen LogP contribution is -2.47. The average Bonchev–Trinajstić information content (AvgIpc) is 2.42. The highest BCUT2D eigenvalue weighted by molar-refractivity contribution is 7.81. The van der Waals surface area contributed by atoms with Gasteiger partial charge in [0.05, 0.1) is 5.60 Å². The van der Waals surface area contributed by atoms with Gasteiger partial charge in [-0.25, -0.2) is 0 Å². The van der Waals surface area contributed by atoms with E-state index in [0.717, 1.165) is 5.69 Å². The standard InChI is InChI=1S/C16H20N2O3S/c1-16(2,21)10-18-9-8-12(19)13(15(18)20)14(22)17-11-6-4-3-5-7-11/h3-7,19,21H,8-10H2,1-2H3,(H,17,22). The molecule has 3 N–H and O–H groups in total. The van der Waals surface area contributed by atoms with Crippen LogP contribution in [-0.2, 0) is 4.79 Å². The van der Waals surface area contributed by atoms with Crippen molar-refractivity contribution in [3.05, 3.63) is 41.7 Å². The predicted molar refractivity (Wildman–Crippen MR) is 89.8 cm³/mol. The van der Waals surface area contributed by atoms with Gasteiger partial charge in [0, 0.05) is 25.2 Å². The van der Waals surface area contributed by atoms with Crippen molar-refractivity contribution in [2.24, 2.45) is 0 Å². The molecule has 22 heavy (non-hydrogen) atoms. The zero-order valence-corrected chi connectivity index (χ0v) is 13.5. The van der Waals surface area contributed by atoms with E-state index >= 15 is 0 Å². The minimum Gasteiger partial charge on any atom is -0.511 e. The number of para-hydroxylation sites is 1. The number of β-amino-alcohol motifs (C(OH)–C–C–N with tert-alkyl or cyclic N) is 1. The molecule has 6 heteroatoms. The number of rotatable bonds is 4. The lowest BCUT2D eigenvalue weighted by molar-refractivity contribution is -0.130. The normalized spacial score (nSPS) is 16.0. The van der Waals surface area contributed by atoms with Gasteiger partial charge in [0.15, 0.2) is 0 Å². The first kappa shape index (κ1) is 16.5. The zero-order valence-electron chi connectivity index (χ0n) is 12.7. The minimum absolute atomic E-state index is 0.00886. The van der Waals surface area contributed by atoms with Crippen LogP contribution in [0.4, 0.5) is 5.69 Å². The molecule has 1 aromatic rings. The second-order valence-corrected chi connectivity index (χ2v) is 6.34. The zero-order chi connectivity index (χ0) is 16.3. The quantitative estimate of drug-likeness (QED) is 0.742. The second-order valence-electron chi connectivity index (χ2n) is 5.93. The van der Waals surface area contributed by atoms with E-state index in [2.05, 4.69) is 5.32 Å². The number of amides is 1. The highest BCUT2D eigenvalue weighted by Crippen LogP contribution is 2.22. The van der Waals surface area contributed by atoms with E-state index in [1.165, 1.54) is 4.90 Å². The molecule has 1 aliphatic rings. The number of carbonyl (C=O) groups is 1. The Balaban J connectivity index is 2.17. The Kier molecular flexibility index (Phi) is 4.83. The molecule has 0 aliphatic carbocycles. The first-order chi connectivity index (χ1) is 10.3. The smallest absolute Gasteiger partial charge is 0.260 e.